The van der Waals surface area contributed by atoms with Crippen LogP contribution >= 0.6 is 11.6 Å². The SMILES string of the molecule is COc1ccc(/N=N/c2cc(Cl)c(N)cc2C)cc1. The lowest BCUT2D eigenvalue weighted by atomic mass is 10.2. The zero-order valence-electron chi connectivity index (χ0n) is 10.7. The number of nitrogen functional groups attached to an aromatic ring is 1. The van der Waals surface area contributed by atoms with Crippen LogP contribution in [0, 0.1) is 6.92 Å². The van der Waals surface area contributed by atoms with E-state index in [1.165, 1.54) is 0 Å². The van der Waals surface area contributed by atoms with E-state index in [0.29, 0.717) is 16.4 Å². The van der Waals surface area contributed by atoms with E-state index in [4.69, 9.17) is 22.1 Å². The Hall–Kier alpha value is -2.07. The van der Waals surface area contributed by atoms with Crippen molar-refractivity contribution in [3.05, 3.63) is 47.0 Å². The number of methoxy groups -OCH3 is 1. The number of halogens is 1. The molecule has 4 nitrogen and oxygen atoms in total. The van der Waals surface area contributed by atoms with Crippen molar-refractivity contribution in [3.8, 4) is 5.75 Å². The molecule has 0 spiro atoms. The molecule has 0 aliphatic rings. The summed E-state index contributed by atoms with van der Waals surface area (Å²) in [5.74, 6) is 0.783. The third-order valence-electron chi connectivity index (χ3n) is 2.66. The van der Waals surface area contributed by atoms with Crippen molar-refractivity contribution in [1.29, 1.82) is 0 Å². The summed E-state index contributed by atoms with van der Waals surface area (Å²) in [6.07, 6.45) is 0. The highest BCUT2D eigenvalue weighted by Gasteiger charge is 2.02. The molecule has 2 aromatic rings. The van der Waals surface area contributed by atoms with Gasteiger partial charge in [0.15, 0.2) is 0 Å². The van der Waals surface area contributed by atoms with Crippen LogP contribution in [0.2, 0.25) is 5.02 Å². The lowest BCUT2D eigenvalue weighted by Crippen LogP contribution is -1.87. The van der Waals surface area contributed by atoms with E-state index in [9.17, 15) is 0 Å². The van der Waals surface area contributed by atoms with Gasteiger partial charge in [-0.15, -0.1) is 0 Å². The molecule has 0 radical (unpaired) electrons. The molecule has 0 saturated carbocycles. The Morgan fingerprint density at radius 3 is 2.42 bits per heavy atom. The van der Waals surface area contributed by atoms with Crippen LogP contribution in [0.1, 0.15) is 5.56 Å². The molecule has 0 unspecified atom stereocenters. The van der Waals surface area contributed by atoms with Crippen molar-refractivity contribution < 1.29 is 4.74 Å². The molecule has 0 amide bonds. The third kappa shape index (κ3) is 3.23. The summed E-state index contributed by atoms with van der Waals surface area (Å²) in [6, 6.07) is 10.8. The summed E-state index contributed by atoms with van der Waals surface area (Å²) in [4.78, 5) is 0. The molecule has 5 heteroatoms. The number of rotatable bonds is 3. The number of aryl methyl sites for hydroxylation is 1. The maximum absolute atomic E-state index is 5.96. The van der Waals surface area contributed by atoms with E-state index in [2.05, 4.69) is 10.2 Å². The first-order valence-electron chi connectivity index (χ1n) is 5.71. The van der Waals surface area contributed by atoms with Crippen molar-refractivity contribution in [1.82, 2.24) is 0 Å². The first-order chi connectivity index (χ1) is 9.10. The molecule has 2 aromatic carbocycles. The number of nitrogens with two attached hydrogens (primary N) is 1. The van der Waals surface area contributed by atoms with E-state index >= 15 is 0 Å². The average Bonchev–Trinajstić information content (AvgIpc) is 2.42. The van der Waals surface area contributed by atoms with Gasteiger partial charge >= 0.3 is 0 Å². The van der Waals surface area contributed by atoms with Gasteiger partial charge < -0.3 is 10.5 Å². The minimum absolute atomic E-state index is 0.481. The highest BCUT2D eigenvalue weighted by Crippen LogP contribution is 2.30. The quantitative estimate of drug-likeness (QED) is 0.654. The summed E-state index contributed by atoms with van der Waals surface area (Å²) < 4.78 is 5.08. The van der Waals surface area contributed by atoms with Gasteiger partial charge in [0, 0.05) is 0 Å². The van der Waals surface area contributed by atoms with Crippen molar-refractivity contribution in [2.45, 2.75) is 6.92 Å². The van der Waals surface area contributed by atoms with Gasteiger partial charge in [-0.2, -0.15) is 10.2 Å². The molecular weight excluding hydrogens is 262 g/mol. The average molecular weight is 276 g/mol. The van der Waals surface area contributed by atoms with Gasteiger partial charge in [-0.05, 0) is 48.9 Å². The van der Waals surface area contributed by atoms with Crippen molar-refractivity contribution in [2.75, 3.05) is 12.8 Å². The fourth-order valence-corrected chi connectivity index (χ4v) is 1.72. The molecule has 0 heterocycles. The maximum atomic E-state index is 5.96. The monoisotopic (exact) mass is 275 g/mol. The molecule has 0 atom stereocenters. The minimum Gasteiger partial charge on any atom is -0.497 e. The Morgan fingerprint density at radius 1 is 1.11 bits per heavy atom. The standard InChI is InChI=1S/C14H14ClN3O/c1-9-7-13(16)12(15)8-14(9)18-17-10-3-5-11(19-2)6-4-10/h3-8H,16H2,1-2H3/b18-17+. The van der Waals surface area contributed by atoms with Crippen LogP contribution in [0.3, 0.4) is 0 Å². The molecule has 0 fully saturated rings. The molecule has 0 aromatic heterocycles. The number of hydrogen-bond donors (Lipinski definition) is 1. The summed E-state index contributed by atoms with van der Waals surface area (Å²) in [6.45, 7) is 1.91. The Bertz CT molecular complexity index is 609. The molecular formula is C14H14ClN3O. The number of anilines is 1. The number of ether oxygens (including phenoxy) is 1. The normalized spacial score (nSPS) is 10.9. The van der Waals surface area contributed by atoms with Gasteiger partial charge in [-0.25, -0.2) is 0 Å². The van der Waals surface area contributed by atoms with Crippen LogP contribution in [0.25, 0.3) is 0 Å². The topological polar surface area (TPSA) is 60.0 Å². The highest BCUT2D eigenvalue weighted by atomic mass is 35.5. The van der Waals surface area contributed by atoms with Crippen molar-refractivity contribution in [3.63, 3.8) is 0 Å². The van der Waals surface area contributed by atoms with E-state index < -0.39 is 0 Å². The minimum atomic E-state index is 0.481. The predicted octanol–water partition coefficient (Wildman–Crippen LogP) is 4.65. The van der Waals surface area contributed by atoms with Crippen LogP contribution in [-0.2, 0) is 0 Å². The molecule has 19 heavy (non-hydrogen) atoms. The fourth-order valence-electron chi connectivity index (χ4n) is 1.56. The molecule has 0 aliphatic heterocycles. The highest BCUT2D eigenvalue weighted by molar-refractivity contribution is 6.33. The number of hydrogen-bond acceptors (Lipinski definition) is 4. The van der Waals surface area contributed by atoms with Crippen LogP contribution in [-0.4, -0.2) is 7.11 Å². The van der Waals surface area contributed by atoms with Crippen molar-refractivity contribution >= 4 is 28.7 Å². The molecule has 2 N–H and O–H groups in total. The lowest BCUT2D eigenvalue weighted by Gasteiger charge is -2.03. The zero-order valence-corrected chi connectivity index (χ0v) is 11.5. The summed E-state index contributed by atoms with van der Waals surface area (Å²) in [5.41, 5.74) is 8.63. The number of benzene rings is 2. The second-order valence-corrected chi connectivity index (χ2v) is 4.47. The van der Waals surface area contributed by atoms with E-state index in [1.807, 2.05) is 31.2 Å². The molecule has 0 saturated heterocycles. The Labute approximate surface area is 116 Å². The van der Waals surface area contributed by atoms with Crippen LogP contribution in [0.15, 0.2) is 46.6 Å². The largest absolute Gasteiger partial charge is 0.497 e. The molecule has 2 rings (SSSR count). The van der Waals surface area contributed by atoms with Crippen molar-refractivity contribution in [2.24, 2.45) is 10.2 Å². The Balaban J connectivity index is 2.24. The summed E-state index contributed by atoms with van der Waals surface area (Å²) in [7, 11) is 1.62. The van der Waals surface area contributed by atoms with Gasteiger partial charge in [0.05, 0.1) is 29.2 Å². The maximum Gasteiger partial charge on any atom is 0.119 e. The number of nitrogens with zero attached hydrogens (tertiary/aromatic N) is 2. The van der Waals surface area contributed by atoms with Crippen LogP contribution < -0.4 is 10.5 Å². The van der Waals surface area contributed by atoms with Gasteiger partial charge in [0.2, 0.25) is 0 Å². The van der Waals surface area contributed by atoms with Gasteiger partial charge in [0.25, 0.3) is 0 Å². The van der Waals surface area contributed by atoms with Gasteiger partial charge in [0.1, 0.15) is 5.75 Å². The van der Waals surface area contributed by atoms with E-state index in [1.54, 1.807) is 19.2 Å². The zero-order chi connectivity index (χ0) is 13.8. The molecule has 0 bridgehead atoms. The van der Waals surface area contributed by atoms with E-state index in [-0.39, 0.29) is 0 Å². The van der Waals surface area contributed by atoms with Crippen LogP contribution in [0.4, 0.5) is 17.1 Å². The van der Waals surface area contributed by atoms with Gasteiger partial charge in [-0.1, -0.05) is 11.6 Å². The Kier molecular flexibility index (Phi) is 4.02. The molecule has 0 aliphatic carbocycles. The number of azo groups is 1. The first-order valence-corrected chi connectivity index (χ1v) is 6.09. The summed E-state index contributed by atoms with van der Waals surface area (Å²) in [5, 5.41) is 8.81. The lowest BCUT2D eigenvalue weighted by molar-refractivity contribution is 0.415. The second kappa shape index (κ2) is 5.71. The van der Waals surface area contributed by atoms with E-state index in [0.717, 1.165) is 17.0 Å². The first kappa shape index (κ1) is 13.4. The fraction of sp³-hybridized carbons (Fsp3) is 0.143. The summed E-state index contributed by atoms with van der Waals surface area (Å²) >= 11 is 5.96. The van der Waals surface area contributed by atoms with Crippen LogP contribution in [0.5, 0.6) is 5.75 Å². The molecule has 98 valence electrons. The van der Waals surface area contributed by atoms with Gasteiger partial charge in [-0.3, -0.25) is 0 Å². The predicted molar refractivity (Wildman–Crippen MR) is 77.8 cm³/mol. The smallest absolute Gasteiger partial charge is 0.119 e. The second-order valence-electron chi connectivity index (χ2n) is 4.06. The Morgan fingerprint density at radius 2 is 1.79 bits per heavy atom. The third-order valence-corrected chi connectivity index (χ3v) is 2.99.